The summed E-state index contributed by atoms with van der Waals surface area (Å²) in [4.78, 5) is 55.6. The van der Waals surface area contributed by atoms with E-state index in [1.54, 1.807) is 28.3 Å². The highest BCUT2D eigenvalue weighted by Crippen LogP contribution is 2.27. The lowest BCUT2D eigenvalue weighted by atomic mass is 9.94. The number of carboxylic acids is 1. The van der Waals surface area contributed by atoms with Gasteiger partial charge in [0.2, 0.25) is 5.91 Å². The number of carboxylic acid groups (broad SMARTS) is 1. The second-order valence-corrected chi connectivity index (χ2v) is 11.4. The number of carbonyl (C=O) groups excluding carboxylic acids is 2. The number of carbonyl (C=O) groups is 3. The van der Waals surface area contributed by atoms with Gasteiger partial charge < -0.3 is 29.1 Å². The van der Waals surface area contributed by atoms with Gasteiger partial charge in [0, 0.05) is 20.8 Å². The zero-order chi connectivity index (χ0) is 36.6. The zero-order valence-corrected chi connectivity index (χ0v) is 29.8. The number of esters is 1. The van der Waals surface area contributed by atoms with Gasteiger partial charge in [0.25, 0.3) is 5.09 Å². The number of nitrogens with one attached hydrogen (secondary N) is 1. The van der Waals surface area contributed by atoms with Crippen molar-refractivity contribution in [3.8, 4) is 5.75 Å². The molecule has 0 radical (unpaired) electrons. The number of fused-ring (bicyclic) bond motifs is 1. The Morgan fingerprint density at radius 1 is 1.02 bits per heavy atom. The van der Waals surface area contributed by atoms with Gasteiger partial charge in [0.1, 0.15) is 17.8 Å². The molecular formula is C36H55N3O10. The Balaban J connectivity index is 0.00000227. The molecule has 49 heavy (non-hydrogen) atoms. The van der Waals surface area contributed by atoms with E-state index in [4.69, 9.17) is 9.47 Å². The van der Waals surface area contributed by atoms with Crippen molar-refractivity contribution in [1.29, 1.82) is 0 Å². The normalized spacial score (nSPS) is 16.5. The lowest BCUT2D eigenvalue weighted by Gasteiger charge is -2.35. The molecule has 1 aliphatic carbocycles. The molecule has 3 unspecified atom stereocenters. The Labute approximate surface area is 290 Å². The number of aliphatic carboxylic acids is 1. The molecule has 2 N–H and O–H groups in total. The van der Waals surface area contributed by atoms with Gasteiger partial charge in [0.05, 0.1) is 26.4 Å². The van der Waals surface area contributed by atoms with Crippen LogP contribution in [0.2, 0.25) is 0 Å². The summed E-state index contributed by atoms with van der Waals surface area (Å²) in [6.45, 7) is 5.84. The summed E-state index contributed by atoms with van der Waals surface area (Å²) in [7, 11) is 4.81. The fourth-order valence-corrected chi connectivity index (χ4v) is 5.38. The number of benzene rings is 1. The third kappa shape index (κ3) is 16.1. The third-order valence-corrected chi connectivity index (χ3v) is 7.80. The van der Waals surface area contributed by atoms with Gasteiger partial charge in [-0.2, -0.15) is 0 Å². The number of amides is 1. The van der Waals surface area contributed by atoms with Crippen LogP contribution in [0, 0.1) is 16.0 Å². The first-order valence-electron chi connectivity index (χ1n) is 16.9. The first-order valence-corrected chi connectivity index (χ1v) is 16.9. The Kier molecular flexibility index (Phi) is 21.7. The molecule has 13 heteroatoms. The Morgan fingerprint density at radius 3 is 2.29 bits per heavy atom. The molecule has 1 aromatic carbocycles. The van der Waals surface area contributed by atoms with Crippen LogP contribution in [-0.2, 0) is 41.7 Å². The van der Waals surface area contributed by atoms with Crippen molar-refractivity contribution in [2.45, 2.75) is 96.8 Å². The summed E-state index contributed by atoms with van der Waals surface area (Å²) < 4.78 is 15.2. The van der Waals surface area contributed by atoms with Gasteiger partial charge in [-0.1, -0.05) is 56.4 Å². The summed E-state index contributed by atoms with van der Waals surface area (Å²) in [5.74, 6) is -1.27. The molecule has 13 nitrogen and oxygen atoms in total. The number of nitrogens with zero attached hydrogens (tertiary/aromatic N) is 2. The van der Waals surface area contributed by atoms with Crippen LogP contribution in [0.3, 0.4) is 0 Å². The van der Waals surface area contributed by atoms with Crippen molar-refractivity contribution in [2.75, 3.05) is 34.5 Å². The second kappa shape index (κ2) is 24.8. The molecule has 1 heterocycles. The van der Waals surface area contributed by atoms with Crippen molar-refractivity contribution in [2.24, 2.45) is 5.92 Å². The van der Waals surface area contributed by atoms with Gasteiger partial charge in [-0.3, -0.25) is 14.9 Å². The van der Waals surface area contributed by atoms with Crippen LogP contribution >= 0.6 is 0 Å². The molecule has 274 valence electrons. The summed E-state index contributed by atoms with van der Waals surface area (Å²) in [6, 6.07) is 2.98. The van der Waals surface area contributed by atoms with E-state index in [1.807, 2.05) is 68.5 Å². The van der Waals surface area contributed by atoms with Crippen LogP contribution in [-0.4, -0.2) is 85.6 Å². The van der Waals surface area contributed by atoms with Crippen LogP contribution in [0.15, 0.2) is 54.7 Å². The van der Waals surface area contributed by atoms with Gasteiger partial charge in [-0.15, -0.1) is 10.1 Å². The van der Waals surface area contributed by atoms with Gasteiger partial charge in [-0.25, -0.2) is 4.79 Å². The van der Waals surface area contributed by atoms with Gasteiger partial charge >= 0.3 is 11.9 Å². The highest BCUT2D eigenvalue weighted by molar-refractivity contribution is 5.88. The standard InChI is InChI=1S/C32H43N3O9.C2H6O.C2H6/c1-23(33-28(31(37)38)18-15-24-11-6-3-4-7-12-24)30(36)34-22-26-21-27(42-2)17-16-25(26)13-10-14-29(34)32(39)43-19-8-5-9-20-44-35(40)41;1-3-2;1-2/h3-4,6-7,11-12,16-17,21,23-24,28-29,33H,5,8-10,13-15,18-20,22H2,1-2H3,(H,37,38);1-2H3;1-2H3. The molecule has 0 saturated carbocycles. The summed E-state index contributed by atoms with van der Waals surface area (Å²) in [6.07, 6.45) is 15.9. The minimum Gasteiger partial charge on any atom is -0.497 e. The number of hydrogen-bond acceptors (Lipinski definition) is 10. The minimum atomic E-state index is -1.05. The van der Waals surface area contributed by atoms with Crippen molar-refractivity contribution < 1.29 is 43.6 Å². The maximum atomic E-state index is 14.0. The molecular weight excluding hydrogens is 634 g/mol. The maximum Gasteiger partial charge on any atom is 0.328 e. The largest absolute Gasteiger partial charge is 0.497 e. The van der Waals surface area contributed by atoms with Crippen molar-refractivity contribution in [3.63, 3.8) is 0 Å². The van der Waals surface area contributed by atoms with Crippen molar-refractivity contribution in [1.82, 2.24) is 10.2 Å². The molecule has 1 amide bonds. The number of rotatable bonds is 16. The van der Waals surface area contributed by atoms with E-state index in [2.05, 4.69) is 14.9 Å². The summed E-state index contributed by atoms with van der Waals surface area (Å²) >= 11 is 0. The average molecular weight is 690 g/mol. The predicted octanol–water partition coefficient (Wildman–Crippen LogP) is 5.45. The molecule has 1 aliphatic heterocycles. The first kappa shape index (κ1) is 42.8. The van der Waals surface area contributed by atoms with E-state index in [-0.39, 0.29) is 25.7 Å². The van der Waals surface area contributed by atoms with E-state index in [1.165, 1.54) is 4.90 Å². The number of hydrogen-bond donors (Lipinski definition) is 2. The van der Waals surface area contributed by atoms with E-state index in [0.717, 1.165) is 17.5 Å². The number of methoxy groups -OCH3 is 2. The molecule has 3 atom stereocenters. The van der Waals surface area contributed by atoms with E-state index in [9.17, 15) is 29.6 Å². The quantitative estimate of drug-likeness (QED) is 0.0981. The SMILES string of the molecule is CC.COC.COc1ccc2c(c1)CN(C(=O)C(C)NC(CCC1C=CC=CC=C1)C(=O)O)C(C(=O)OCCCCCO[N+](=O)[O-])CCC2. The second-order valence-electron chi connectivity index (χ2n) is 11.4. The highest BCUT2D eigenvalue weighted by atomic mass is 16.9. The molecule has 3 rings (SSSR count). The lowest BCUT2D eigenvalue weighted by Crippen LogP contribution is -2.55. The Morgan fingerprint density at radius 2 is 1.67 bits per heavy atom. The van der Waals surface area contributed by atoms with Crippen LogP contribution in [0.25, 0.3) is 0 Å². The van der Waals surface area contributed by atoms with Crippen LogP contribution in [0.5, 0.6) is 5.75 Å². The Bertz CT molecular complexity index is 1230. The molecule has 0 bridgehead atoms. The number of ether oxygens (including phenoxy) is 3. The van der Waals surface area contributed by atoms with Crippen molar-refractivity contribution in [3.05, 3.63) is 75.9 Å². The van der Waals surface area contributed by atoms with E-state index in [0.29, 0.717) is 50.7 Å². The third-order valence-electron chi connectivity index (χ3n) is 7.80. The minimum absolute atomic E-state index is 0.0256. The predicted molar refractivity (Wildman–Crippen MR) is 186 cm³/mol. The zero-order valence-electron chi connectivity index (χ0n) is 29.8. The fraction of sp³-hybridized carbons (Fsp3) is 0.583. The molecule has 2 aliphatic rings. The number of unbranched alkanes of at least 4 members (excludes halogenated alkanes) is 2. The van der Waals surface area contributed by atoms with Crippen LogP contribution in [0.1, 0.15) is 76.8 Å². The smallest absolute Gasteiger partial charge is 0.328 e. The summed E-state index contributed by atoms with van der Waals surface area (Å²) in [5, 5.41) is 22.4. The van der Waals surface area contributed by atoms with E-state index < -0.39 is 41.1 Å². The molecule has 0 saturated heterocycles. The first-order chi connectivity index (χ1) is 23.6. The number of aryl methyl sites for hydroxylation is 1. The topological polar surface area (TPSA) is 167 Å². The van der Waals surface area contributed by atoms with Crippen LogP contribution in [0.4, 0.5) is 0 Å². The van der Waals surface area contributed by atoms with Gasteiger partial charge in [-0.05, 0) is 87.5 Å². The molecule has 1 aromatic rings. The van der Waals surface area contributed by atoms with Crippen molar-refractivity contribution >= 4 is 17.8 Å². The van der Waals surface area contributed by atoms with Gasteiger partial charge in [0.15, 0.2) is 0 Å². The monoisotopic (exact) mass is 689 g/mol. The summed E-state index contributed by atoms with van der Waals surface area (Å²) in [5.41, 5.74) is 1.90. The molecule has 0 aromatic heterocycles. The Hall–Kier alpha value is -4.23. The highest BCUT2D eigenvalue weighted by Gasteiger charge is 2.36. The maximum absolute atomic E-state index is 14.0. The number of allylic oxidation sites excluding steroid dienone is 6. The molecule has 0 spiro atoms. The van der Waals surface area contributed by atoms with Crippen LogP contribution < -0.4 is 10.1 Å². The average Bonchev–Trinajstić information content (AvgIpc) is 3.36. The molecule has 0 fully saturated rings. The van der Waals surface area contributed by atoms with E-state index >= 15 is 0 Å². The lowest BCUT2D eigenvalue weighted by molar-refractivity contribution is -0.757. The fourth-order valence-electron chi connectivity index (χ4n) is 5.38.